The third-order valence-electron chi connectivity index (χ3n) is 9.45. The summed E-state index contributed by atoms with van der Waals surface area (Å²) in [5, 5.41) is 2.09. The molecule has 13 nitrogen and oxygen atoms in total. The zero-order chi connectivity index (χ0) is 54.5. The molecule has 0 radical (unpaired) electrons. The van der Waals surface area contributed by atoms with E-state index in [0.29, 0.717) is 46.3 Å². The van der Waals surface area contributed by atoms with Crippen LogP contribution < -0.4 is 31.3 Å². The van der Waals surface area contributed by atoms with Crippen LogP contribution in [0.15, 0.2) is 65.8 Å². The summed E-state index contributed by atoms with van der Waals surface area (Å²) in [4.78, 5) is 29.5. The Morgan fingerprint density at radius 2 is 0.959 bits per heavy atom. The number of fused-ring (bicyclic) bond motifs is 3. The molecule has 0 aliphatic rings. The van der Waals surface area contributed by atoms with Crippen LogP contribution in [-0.2, 0) is 70.3 Å². The van der Waals surface area contributed by atoms with E-state index < -0.39 is 53.4 Å². The minimum Gasteiger partial charge on any atom is 1.00 e. The van der Waals surface area contributed by atoms with Crippen molar-refractivity contribution in [1.82, 2.24) is 62.7 Å². The van der Waals surface area contributed by atoms with Crippen molar-refractivity contribution in [1.29, 1.82) is 0 Å². The summed E-state index contributed by atoms with van der Waals surface area (Å²) in [5.41, 5.74) is -2.51. The molecule has 74 heavy (non-hydrogen) atoms. The summed E-state index contributed by atoms with van der Waals surface area (Å²) in [5.74, 6) is -12.8. The fraction of sp³-hybridized carbons (Fsp3) is 0.385. The molecule has 0 spiro atoms. The van der Waals surface area contributed by atoms with E-state index in [1.54, 1.807) is 36.6 Å². The zero-order valence-electron chi connectivity index (χ0n) is 39.3. The first-order chi connectivity index (χ1) is 33.3. The van der Waals surface area contributed by atoms with Gasteiger partial charge < -0.3 is 40.2 Å². The summed E-state index contributed by atoms with van der Waals surface area (Å²) in [7, 11) is 13.3. The first-order valence-electron chi connectivity index (χ1n) is 19.7. The zero-order valence-corrected chi connectivity index (χ0v) is 47.5. The van der Waals surface area contributed by atoms with Crippen LogP contribution in [0.5, 0.6) is 0 Å². The molecule has 0 fully saturated rings. The van der Waals surface area contributed by atoms with E-state index >= 15 is 0 Å². The summed E-state index contributed by atoms with van der Waals surface area (Å²) in [6.07, 6.45) is -7.10. The van der Waals surface area contributed by atoms with E-state index in [0.717, 1.165) is 56.1 Å². The van der Waals surface area contributed by atoms with Crippen LogP contribution >= 0.6 is 55.8 Å². The molecule has 0 aromatic carbocycles. The number of rotatable bonds is 8. The van der Waals surface area contributed by atoms with E-state index in [1.165, 1.54) is 39.3 Å². The van der Waals surface area contributed by atoms with Crippen LogP contribution in [-0.4, -0.2) is 92.7 Å². The smallest absolute Gasteiger partial charge is 1.00 e. The summed E-state index contributed by atoms with van der Waals surface area (Å²) in [6.45, 7) is 4.11. The average Bonchev–Trinajstić information content (AvgIpc) is 4.13. The molecular formula is C39H34Cl2F15ILiN13S2Zn. The van der Waals surface area contributed by atoms with E-state index in [9.17, 15) is 65.9 Å². The molecule has 8 rings (SSSR count). The van der Waals surface area contributed by atoms with Crippen molar-refractivity contribution >= 4 is 88.9 Å². The fourth-order valence-corrected chi connectivity index (χ4v) is 8.28. The summed E-state index contributed by atoms with van der Waals surface area (Å²) in [6, 6.07) is 1.92. The summed E-state index contributed by atoms with van der Waals surface area (Å²) >= 11 is 6.45. The van der Waals surface area contributed by atoms with E-state index in [-0.39, 0.29) is 47.8 Å². The Balaban J connectivity index is 0.000000346. The molecule has 0 unspecified atom stereocenters. The Morgan fingerprint density at radius 3 is 1.42 bits per heavy atom. The molecule has 0 saturated heterocycles. The van der Waals surface area contributed by atoms with Gasteiger partial charge in [0.25, 0.3) is 0 Å². The van der Waals surface area contributed by atoms with Crippen molar-refractivity contribution in [2.75, 3.05) is 11.5 Å². The number of nitrogens with zero attached hydrogens (tertiary/aromatic N) is 13. The molecule has 0 atom stereocenters. The van der Waals surface area contributed by atoms with Gasteiger partial charge >= 0.3 is 82.2 Å². The molecular weight excluding hydrogens is 1270 g/mol. The number of hydrogen-bond acceptors (Lipinski definition) is 10. The molecule has 8 aromatic rings. The molecule has 8 aromatic heterocycles. The summed E-state index contributed by atoms with van der Waals surface area (Å²) < 4.78 is 199. The fourth-order valence-electron chi connectivity index (χ4n) is 5.81. The predicted octanol–water partition coefficient (Wildman–Crippen LogP) is 6.01. The second kappa shape index (κ2) is 26.2. The van der Waals surface area contributed by atoms with E-state index in [2.05, 4.69) is 80.3 Å². The molecule has 0 saturated carbocycles. The van der Waals surface area contributed by atoms with E-state index in [1.807, 2.05) is 32.1 Å². The standard InChI is InChI=1S/C15H14F5N5S.C9H6F5N3.C9H5F5N3.C6H9IN2S.2ClH.Li.Zn/c1-4-26-13-11(22-7-24(13)2)12-23-8-5-10(14(16,17)15(18,19)20)21-6-9(8)25(12)3;2*1-17-4-16-5-2-7(15-3-6(5)17)8(10,11)9(12,13)14;1-3-10-6-5(7)8-4-9(6)2;;;;/h5-7H,4H2,1-3H3;2-4H,1H3;2-3H,1H3;4H,3H2,1-2H3;2*1H;;/q;;-1;;;;+1;+2/p-2. The first-order valence-corrected chi connectivity index (χ1v) is 26.6. The van der Waals surface area contributed by atoms with Gasteiger partial charge in [0.1, 0.15) is 36.5 Å². The second-order valence-electron chi connectivity index (χ2n) is 14.3. The van der Waals surface area contributed by atoms with Crippen molar-refractivity contribution in [3.63, 3.8) is 0 Å². The third kappa shape index (κ3) is 14.5. The average molecular weight is 1300 g/mol. The van der Waals surface area contributed by atoms with Crippen molar-refractivity contribution in [3.8, 4) is 11.5 Å². The Hall–Kier alpha value is -3.54. The largest absolute Gasteiger partial charge is 1.00 e. The van der Waals surface area contributed by atoms with Crippen LogP contribution in [0.25, 0.3) is 44.6 Å². The normalized spacial score (nSPS) is 12.1. The van der Waals surface area contributed by atoms with Crippen molar-refractivity contribution in [2.45, 2.75) is 60.2 Å². The van der Waals surface area contributed by atoms with Crippen LogP contribution in [0, 0.1) is 10.0 Å². The minimum atomic E-state index is -5.72. The number of alkyl halides is 15. The maximum absolute atomic E-state index is 13.5. The maximum atomic E-state index is 13.5. The van der Waals surface area contributed by atoms with Crippen molar-refractivity contribution in [3.05, 3.63) is 82.9 Å². The first kappa shape index (κ1) is 66.6. The Bertz CT molecular complexity index is 2980. The molecule has 0 amide bonds. The van der Waals surface area contributed by atoms with Gasteiger partial charge in [-0.25, -0.2) is 19.9 Å². The molecule has 0 aliphatic carbocycles. The van der Waals surface area contributed by atoms with Gasteiger partial charge in [0, 0.05) is 34.5 Å². The molecule has 0 bridgehead atoms. The number of imidazole rings is 5. The number of aromatic nitrogens is 13. The molecule has 396 valence electrons. The predicted molar refractivity (Wildman–Crippen MR) is 241 cm³/mol. The van der Waals surface area contributed by atoms with Gasteiger partial charge in [-0.15, -0.1) is 23.5 Å². The van der Waals surface area contributed by atoms with Crippen LogP contribution in [0.3, 0.4) is 0 Å². The monoisotopic (exact) mass is 1300 g/mol. The molecule has 35 heteroatoms. The topological polar surface area (TPSA) is 128 Å². The Kier molecular flexibility index (Phi) is 23.6. The maximum Gasteiger partial charge on any atom is 1.00 e. The van der Waals surface area contributed by atoms with Crippen LogP contribution in [0.1, 0.15) is 30.9 Å². The number of aryl methyl sites for hydroxylation is 5. The molecule has 0 N–H and O–H groups in total. The minimum absolute atomic E-state index is 0. The van der Waals surface area contributed by atoms with Crippen LogP contribution in [0.2, 0.25) is 0 Å². The van der Waals surface area contributed by atoms with Gasteiger partial charge in [-0.1, -0.05) is 30.9 Å². The number of thioether (sulfide) groups is 2. The van der Waals surface area contributed by atoms with Crippen LogP contribution in [0.4, 0.5) is 65.9 Å². The van der Waals surface area contributed by atoms with Gasteiger partial charge in [0.2, 0.25) is 0 Å². The van der Waals surface area contributed by atoms with Gasteiger partial charge in [-0.3, -0.25) is 15.0 Å². The van der Waals surface area contributed by atoms with Gasteiger partial charge in [0.15, 0.2) is 5.82 Å². The van der Waals surface area contributed by atoms with Gasteiger partial charge in [0.05, 0.1) is 53.4 Å². The Morgan fingerprint density at radius 1 is 0.554 bits per heavy atom. The second-order valence-corrected chi connectivity index (χ2v) is 17.9. The van der Waals surface area contributed by atoms with Gasteiger partial charge in [-0.2, -0.15) is 65.9 Å². The van der Waals surface area contributed by atoms with Crippen molar-refractivity contribution < 1.29 is 114 Å². The Labute approximate surface area is 464 Å². The molecule has 0 aliphatic heterocycles. The number of hydrogen-bond donors (Lipinski definition) is 0. The quantitative estimate of drug-likeness (QED) is 0.0587. The van der Waals surface area contributed by atoms with Crippen molar-refractivity contribution in [2.24, 2.45) is 35.2 Å². The van der Waals surface area contributed by atoms with Gasteiger partial charge in [-0.05, 0) is 59.5 Å². The number of pyridine rings is 3. The van der Waals surface area contributed by atoms with E-state index in [4.69, 9.17) is 9.69 Å². The third-order valence-corrected chi connectivity index (χ3v) is 12.7. The molecule has 8 heterocycles. The number of halogens is 18. The SMILES string of the molecule is CCSc1c(-c2nc3cc(C(F)(F)C(F)(F)F)ncc3n2C)ncn1C.CCSc1c(I)ncn1C.Cn1[c-]nc2cc(C(F)(F)C(F)(F)F)ncc21.Cn1cnc2cc(C(F)(F)C(F)(F)F)ncc21.[Cl-].[Cl][Zn+].[Li+].